The Morgan fingerprint density at radius 2 is 2.06 bits per heavy atom. The minimum absolute atomic E-state index is 0.00171. The number of aromatic nitrogens is 2. The van der Waals surface area contributed by atoms with Crippen LogP contribution in [0, 0.1) is 6.92 Å². The molecule has 1 N–H and O–H groups in total. The molecule has 0 bridgehead atoms. The summed E-state index contributed by atoms with van der Waals surface area (Å²) < 4.78 is 7.35. The van der Waals surface area contributed by atoms with E-state index in [9.17, 15) is 5.11 Å². The summed E-state index contributed by atoms with van der Waals surface area (Å²) >= 11 is 0. The fourth-order valence-electron chi connectivity index (χ4n) is 2.53. The quantitative estimate of drug-likeness (QED) is 0.856. The molecule has 0 spiro atoms. The van der Waals surface area contributed by atoms with Crippen molar-refractivity contribution in [1.82, 2.24) is 9.78 Å². The zero-order valence-corrected chi connectivity index (χ0v) is 10.1. The van der Waals surface area contributed by atoms with Gasteiger partial charge in [-0.1, -0.05) is 19.3 Å². The summed E-state index contributed by atoms with van der Waals surface area (Å²) in [7, 11) is 1.65. The number of methoxy groups -OCH3 is 1. The second kappa shape index (κ2) is 4.87. The summed E-state index contributed by atoms with van der Waals surface area (Å²) in [4.78, 5) is 0. The number of rotatable bonds is 3. The van der Waals surface area contributed by atoms with Crippen LogP contribution in [0.5, 0.6) is 5.88 Å². The van der Waals surface area contributed by atoms with Gasteiger partial charge in [0, 0.05) is 0 Å². The number of aliphatic hydroxyl groups is 1. The Hall–Kier alpha value is -1.03. The summed E-state index contributed by atoms with van der Waals surface area (Å²) in [6.07, 6.45) is 6.19. The van der Waals surface area contributed by atoms with Crippen molar-refractivity contribution in [3.05, 3.63) is 11.3 Å². The van der Waals surface area contributed by atoms with Crippen molar-refractivity contribution < 1.29 is 9.84 Å². The minimum atomic E-state index is 0.00171. The molecule has 1 saturated carbocycles. The van der Waals surface area contributed by atoms with Crippen LogP contribution in [0.1, 0.15) is 49.4 Å². The van der Waals surface area contributed by atoms with Gasteiger partial charge in [0.15, 0.2) is 0 Å². The van der Waals surface area contributed by atoms with E-state index in [1.165, 1.54) is 32.1 Å². The van der Waals surface area contributed by atoms with Crippen molar-refractivity contribution >= 4 is 0 Å². The second-order valence-corrected chi connectivity index (χ2v) is 4.47. The van der Waals surface area contributed by atoms with E-state index in [4.69, 9.17) is 4.74 Å². The molecule has 4 heteroatoms. The Bertz CT molecular complexity index is 354. The number of aryl methyl sites for hydroxylation is 1. The Morgan fingerprint density at radius 3 is 2.62 bits per heavy atom. The number of hydrogen-bond acceptors (Lipinski definition) is 3. The third kappa shape index (κ3) is 1.94. The Labute approximate surface area is 96.2 Å². The van der Waals surface area contributed by atoms with E-state index in [0.717, 1.165) is 17.1 Å². The smallest absolute Gasteiger partial charge is 0.217 e. The van der Waals surface area contributed by atoms with Gasteiger partial charge >= 0.3 is 0 Å². The van der Waals surface area contributed by atoms with Gasteiger partial charge in [0.1, 0.15) is 0 Å². The lowest BCUT2D eigenvalue weighted by atomic mass is 9.96. The van der Waals surface area contributed by atoms with Gasteiger partial charge in [0.05, 0.1) is 31.0 Å². The molecule has 0 aliphatic heterocycles. The molecule has 0 atom stereocenters. The molecule has 1 heterocycles. The molecule has 1 aromatic rings. The van der Waals surface area contributed by atoms with Crippen LogP contribution in [0.15, 0.2) is 0 Å². The standard InChI is InChI=1S/C12H20N2O2/c1-9-11(8-15)12(16-2)14(13-9)10-6-4-3-5-7-10/h10,15H,3-8H2,1-2H3. The molecular formula is C12H20N2O2. The molecule has 16 heavy (non-hydrogen) atoms. The first-order chi connectivity index (χ1) is 7.77. The van der Waals surface area contributed by atoms with Crippen LogP contribution in [0.2, 0.25) is 0 Å². The van der Waals surface area contributed by atoms with E-state index in [2.05, 4.69) is 5.10 Å². The van der Waals surface area contributed by atoms with Crippen molar-refractivity contribution in [2.45, 2.75) is 51.7 Å². The van der Waals surface area contributed by atoms with Crippen LogP contribution in [0.25, 0.3) is 0 Å². The van der Waals surface area contributed by atoms with Crippen LogP contribution in [-0.2, 0) is 6.61 Å². The summed E-state index contributed by atoms with van der Waals surface area (Å²) in [6, 6.07) is 0.447. The van der Waals surface area contributed by atoms with Crippen LogP contribution in [-0.4, -0.2) is 22.0 Å². The highest BCUT2D eigenvalue weighted by Crippen LogP contribution is 2.33. The zero-order valence-electron chi connectivity index (χ0n) is 10.1. The summed E-state index contributed by atoms with van der Waals surface area (Å²) in [5.41, 5.74) is 1.71. The average Bonchev–Trinajstić information content (AvgIpc) is 2.66. The molecule has 1 aliphatic rings. The fourth-order valence-corrected chi connectivity index (χ4v) is 2.53. The predicted molar refractivity (Wildman–Crippen MR) is 61.6 cm³/mol. The van der Waals surface area contributed by atoms with Gasteiger partial charge in [-0.2, -0.15) is 5.10 Å². The Morgan fingerprint density at radius 1 is 1.38 bits per heavy atom. The average molecular weight is 224 g/mol. The molecule has 0 amide bonds. The molecule has 0 unspecified atom stereocenters. The number of hydrogen-bond donors (Lipinski definition) is 1. The maximum absolute atomic E-state index is 9.31. The number of nitrogens with zero attached hydrogens (tertiary/aromatic N) is 2. The maximum Gasteiger partial charge on any atom is 0.217 e. The van der Waals surface area contributed by atoms with Crippen molar-refractivity contribution in [3.63, 3.8) is 0 Å². The molecule has 0 radical (unpaired) electrons. The van der Waals surface area contributed by atoms with Crippen LogP contribution in [0.4, 0.5) is 0 Å². The molecule has 0 aromatic carbocycles. The highest BCUT2D eigenvalue weighted by atomic mass is 16.5. The van der Waals surface area contributed by atoms with Gasteiger partial charge in [0.2, 0.25) is 5.88 Å². The Balaban J connectivity index is 2.31. The van der Waals surface area contributed by atoms with Gasteiger partial charge in [0.25, 0.3) is 0 Å². The molecule has 1 fully saturated rings. The van der Waals surface area contributed by atoms with E-state index in [-0.39, 0.29) is 6.61 Å². The highest BCUT2D eigenvalue weighted by molar-refractivity contribution is 5.30. The van der Waals surface area contributed by atoms with E-state index in [1.807, 2.05) is 11.6 Å². The lowest BCUT2D eigenvalue weighted by Crippen LogP contribution is -2.15. The molecule has 1 aromatic heterocycles. The third-order valence-electron chi connectivity index (χ3n) is 3.43. The van der Waals surface area contributed by atoms with E-state index in [0.29, 0.717) is 6.04 Å². The minimum Gasteiger partial charge on any atom is -0.481 e. The predicted octanol–water partition coefficient (Wildman–Crippen LogP) is 2.20. The van der Waals surface area contributed by atoms with Crippen molar-refractivity contribution in [3.8, 4) is 5.88 Å². The first-order valence-corrected chi connectivity index (χ1v) is 6.00. The van der Waals surface area contributed by atoms with Crippen molar-refractivity contribution in [2.75, 3.05) is 7.11 Å². The van der Waals surface area contributed by atoms with Crippen LogP contribution < -0.4 is 4.74 Å². The van der Waals surface area contributed by atoms with Gasteiger partial charge in [-0.25, -0.2) is 4.68 Å². The lowest BCUT2D eigenvalue weighted by Gasteiger charge is -2.23. The monoisotopic (exact) mass is 224 g/mol. The SMILES string of the molecule is COc1c(CO)c(C)nn1C1CCCCC1. The largest absolute Gasteiger partial charge is 0.481 e. The molecule has 90 valence electrons. The highest BCUT2D eigenvalue weighted by Gasteiger charge is 2.23. The van der Waals surface area contributed by atoms with Gasteiger partial charge in [-0.3, -0.25) is 0 Å². The topological polar surface area (TPSA) is 47.3 Å². The van der Waals surface area contributed by atoms with E-state index >= 15 is 0 Å². The molecule has 4 nitrogen and oxygen atoms in total. The second-order valence-electron chi connectivity index (χ2n) is 4.47. The normalized spacial score (nSPS) is 17.7. The molecule has 0 saturated heterocycles. The van der Waals surface area contributed by atoms with Crippen molar-refractivity contribution in [1.29, 1.82) is 0 Å². The first-order valence-electron chi connectivity index (χ1n) is 6.00. The lowest BCUT2D eigenvalue weighted by molar-refractivity contribution is 0.256. The molecule has 2 rings (SSSR count). The first kappa shape index (κ1) is 11.5. The number of aliphatic hydroxyl groups excluding tert-OH is 1. The van der Waals surface area contributed by atoms with Crippen LogP contribution >= 0.6 is 0 Å². The van der Waals surface area contributed by atoms with Gasteiger partial charge in [-0.15, -0.1) is 0 Å². The molecule has 1 aliphatic carbocycles. The molecular weight excluding hydrogens is 204 g/mol. The van der Waals surface area contributed by atoms with Gasteiger partial charge in [-0.05, 0) is 19.8 Å². The van der Waals surface area contributed by atoms with Gasteiger partial charge < -0.3 is 9.84 Å². The van der Waals surface area contributed by atoms with E-state index in [1.54, 1.807) is 7.11 Å². The zero-order chi connectivity index (χ0) is 11.5. The third-order valence-corrected chi connectivity index (χ3v) is 3.43. The van der Waals surface area contributed by atoms with E-state index < -0.39 is 0 Å². The summed E-state index contributed by atoms with van der Waals surface area (Å²) in [5.74, 6) is 0.743. The summed E-state index contributed by atoms with van der Waals surface area (Å²) in [6.45, 7) is 1.93. The maximum atomic E-state index is 9.31. The van der Waals surface area contributed by atoms with Crippen molar-refractivity contribution in [2.24, 2.45) is 0 Å². The number of ether oxygens (including phenoxy) is 1. The summed E-state index contributed by atoms with van der Waals surface area (Å²) in [5, 5.41) is 13.8. The van der Waals surface area contributed by atoms with Crippen LogP contribution in [0.3, 0.4) is 0 Å². The fraction of sp³-hybridized carbons (Fsp3) is 0.750. The Kier molecular flexibility index (Phi) is 3.49.